The Bertz CT molecular complexity index is 556. The molecule has 0 heterocycles. The molecule has 0 bridgehead atoms. The van der Waals surface area contributed by atoms with Gasteiger partial charge in [0.25, 0.3) is 0 Å². The monoisotopic (exact) mass is 333 g/mol. The highest BCUT2D eigenvalue weighted by atomic mass is 35.5. The largest absolute Gasteiger partial charge is 0.492 e. The van der Waals surface area contributed by atoms with Crippen molar-refractivity contribution in [3.05, 3.63) is 28.8 Å². The fraction of sp³-hybridized carbons (Fsp3) is 0.600. The van der Waals surface area contributed by atoms with Gasteiger partial charge in [0.1, 0.15) is 12.4 Å². The van der Waals surface area contributed by atoms with Crippen LogP contribution in [0.15, 0.2) is 18.2 Å². The van der Waals surface area contributed by atoms with Crippen LogP contribution in [0.4, 0.5) is 0 Å². The van der Waals surface area contributed by atoms with E-state index in [1.807, 2.05) is 6.07 Å². The Morgan fingerprint density at radius 1 is 1.24 bits per heavy atom. The number of nitrogens with one attached hydrogen (secondary N) is 1. The summed E-state index contributed by atoms with van der Waals surface area (Å²) in [6.45, 7) is 8.24. The lowest BCUT2D eigenvalue weighted by molar-refractivity contribution is 0.335. The van der Waals surface area contributed by atoms with Crippen molar-refractivity contribution >= 4 is 21.4 Å². The highest BCUT2D eigenvalue weighted by molar-refractivity contribution is 7.91. The van der Waals surface area contributed by atoms with Gasteiger partial charge in [0, 0.05) is 23.2 Å². The molecule has 1 rings (SSSR count). The summed E-state index contributed by atoms with van der Waals surface area (Å²) in [5.74, 6) is 0.691. The van der Waals surface area contributed by atoms with Gasteiger partial charge in [-0.3, -0.25) is 0 Å². The van der Waals surface area contributed by atoms with E-state index >= 15 is 0 Å². The van der Waals surface area contributed by atoms with Gasteiger partial charge in [-0.15, -0.1) is 0 Å². The molecule has 0 unspecified atom stereocenters. The smallest absolute Gasteiger partial charge is 0.155 e. The maximum atomic E-state index is 11.8. The molecule has 1 N–H and O–H groups in total. The van der Waals surface area contributed by atoms with E-state index in [4.69, 9.17) is 16.3 Å². The SMILES string of the molecule is CC(C)NCc1cc(Cl)ccc1OCCS(=O)(=O)C(C)C. The summed E-state index contributed by atoms with van der Waals surface area (Å²) in [7, 11) is -3.08. The summed E-state index contributed by atoms with van der Waals surface area (Å²) in [6, 6.07) is 5.70. The third kappa shape index (κ3) is 6.24. The summed E-state index contributed by atoms with van der Waals surface area (Å²) in [5.41, 5.74) is 0.929. The number of rotatable bonds is 8. The van der Waals surface area contributed by atoms with E-state index in [1.54, 1.807) is 26.0 Å². The Labute approximate surface area is 132 Å². The van der Waals surface area contributed by atoms with Crippen molar-refractivity contribution < 1.29 is 13.2 Å². The lowest BCUT2D eigenvalue weighted by Gasteiger charge is -2.15. The van der Waals surface area contributed by atoms with Crippen LogP contribution >= 0.6 is 11.6 Å². The van der Waals surface area contributed by atoms with Crippen LogP contribution < -0.4 is 10.1 Å². The molecule has 1 aromatic carbocycles. The molecule has 0 saturated carbocycles. The summed E-state index contributed by atoms with van der Waals surface area (Å²) in [5, 5.41) is 3.55. The van der Waals surface area contributed by atoms with Gasteiger partial charge < -0.3 is 10.1 Å². The Morgan fingerprint density at radius 3 is 2.48 bits per heavy atom. The van der Waals surface area contributed by atoms with Crippen LogP contribution in [-0.2, 0) is 16.4 Å². The van der Waals surface area contributed by atoms with Crippen molar-refractivity contribution in [1.82, 2.24) is 5.32 Å². The van der Waals surface area contributed by atoms with Crippen molar-refractivity contribution in [1.29, 1.82) is 0 Å². The zero-order valence-corrected chi connectivity index (χ0v) is 14.6. The van der Waals surface area contributed by atoms with Crippen molar-refractivity contribution in [2.24, 2.45) is 0 Å². The molecule has 0 spiro atoms. The Morgan fingerprint density at radius 2 is 1.90 bits per heavy atom. The van der Waals surface area contributed by atoms with Crippen LogP contribution in [0, 0.1) is 0 Å². The van der Waals surface area contributed by atoms with E-state index < -0.39 is 9.84 Å². The predicted octanol–water partition coefficient (Wildman–Crippen LogP) is 3.04. The fourth-order valence-corrected chi connectivity index (χ4v) is 2.63. The van der Waals surface area contributed by atoms with Gasteiger partial charge in [-0.25, -0.2) is 8.42 Å². The summed E-state index contributed by atoms with van der Waals surface area (Å²) < 4.78 is 29.2. The third-order valence-electron chi connectivity index (χ3n) is 3.07. The minimum absolute atomic E-state index is 0.0182. The number of halogens is 1. The van der Waals surface area contributed by atoms with Gasteiger partial charge in [-0.1, -0.05) is 25.4 Å². The van der Waals surface area contributed by atoms with E-state index in [9.17, 15) is 8.42 Å². The minimum Gasteiger partial charge on any atom is -0.492 e. The topological polar surface area (TPSA) is 55.4 Å². The summed E-state index contributed by atoms with van der Waals surface area (Å²) >= 11 is 6.00. The van der Waals surface area contributed by atoms with Gasteiger partial charge >= 0.3 is 0 Å². The van der Waals surface area contributed by atoms with Crippen molar-refractivity contribution in [2.45, 2.75) is 45.5 Å². The predicted molar refractivity (Wildman–Crippen MR) is 87.8 cm³/mol. The first-order valence-electron chi connectivity index (χ1n) is 7.08. The zero-order valence-electron chi connectivity index (χ0n) is 13.0. The van der Waals surface area contributed by atoms with E-state index in [0.29, 0.717) is 23.4 Å². The molecule has 6 heteroatoms. The first kappa shape index (κ1) is 18.3. The summed E-state index contributed by atoms with van der Waals surface area (Å²) in [6.07, 6.45) is 0. The number of benzene rings is 1. The van der Waals surface area contributed by atoms with Gasteiger partial charge in [0.05, 0.1) is 11.0 Å². The molecule has 0 aliphatic carbocycles. The molecule has 0 aliphatic rings. The molecule has 1 aromatic rings. The average molecular weight is 334 g/mol. The maximum Gasteiger partial charge on any atom is 0.155 e. The molecule has 0 radical (unpaired) electrons. The number of ether oxygens (including phenoxy) is 1. The first-order valence-corrected chi connectivity index (χ1v) is 9.18. The lowest BCUT2D eigenvalue weighted by Crippen LogP contribution is -2.24. The van der Waals surface area contributed by atoms with Crippen LogP contribution in [-0.4, -0.2) is 32.1 Å². The first-order chi connectivity index (χ1) is 9.72. The van der Waals surface area contributed by atoms with E-state index in [0.717, 1.165) is 5.56 Å². The maximum absolute atomic E-state index is 11.8. The number of hydrogen-bond donors (Lipinski definition) is 1. The van der Waals surface area contributed by atoms with Gasteiger partial charge in [-0.05, 0) is 32.0 Å². The van der Waals surface area contributed by atoms with Crippen LogP contribution in [0.3, 0.4) is 0 Å². The lowest BCUT2D eigenvalue weighted by atomic mass is 10.2. The molecular formula is C15H24ClNO3S. The molecule has 0 amide bonds. The Hall–Kier alpha value is -0.780. The molecule has 0 atom stereocenters. The quantitative estimate of drug-likeness (QED) is 0.794. The number of sulfone groups is 1. The fourth-order valence-electron chi connectivity index (χ4n) is 1.64. The molecule has 0 aliphatic heterocycles. The molecule has 4 nitrogen and oxygen atoms in total. The molecule has 21 heavy (non-hydrogen) atoms. The highest BCUT2D eigenvalue weighted by Crippen LogP contribution is 2.23. The van der Waals surface area contributed by atoms with E-state index in [1.165, 1.54) is 0 Å². The third-order valence-corrected chi connectivity index (χ3v) is 5.47. The Balaban J connectivity index is 2.70. The standard InChI is InChI=1S/C15H24ClNO3S/c1-11(2)17-10-13-9-14(16)5-6-15(13)20-7-8-21(18,19)12(3)4/h5-6,9,11-12,17H,7-8,10H2,1-4H3. The van der Waals surface area contributed by atoms with Crippen LogP contribution in [0.25, 0.3) is 0 Å². The molecule has 0 saturated heterocycles. The van der Waals surface area contributed by atoms with Crippen LogP contribution in [0.2, 0.25) is 5.02 Å². The second kappa shape index (κ2) is 8.01. The molecule has 0 fully saturated rings. The summed E-state index contributed by atoms with van der Waals surface area (Å²) in [4.78, 5) is 0. The average Bonchev–Trinajstić information content (AvgIpc) is 2.38. The molecular weight excluding hydrogens is 310 g/mol. The van der Waals surface area contributed by atoms with Crippen molar-refractivity contribution in [3.63, 3.8) is 0 Å². The second-order valence-corrected chi connectivity index (χ2v) is 8.67. The van der Waals surface area contributed by atoms with Crippen LogP contribution in [0.5, 0.6) is 5.75 Å². The van der Waals surface area contributed by atoms with Gasteiger partial charge in [0.15, 0.2) is 9.84 Å². The van der Waals surface area contributed by atoms with E-state index in [-0.39, 0.29) is 17.6 Å². The van der Waals surface area contributed by atoms with Crippen molar-refractivity contribution in [2.75, 3.05) is 12.4 Å². The highest BCUT2D eigenvalue weighted by Gasteiger charge is 2.16. The van der Waals surface area contributed by atoms with Crippen molar-refractivity contribution in [3.8, 4) is 5.75 Å². The van der Waals surface area contributed by atoms with Gasteiger partial charge in [-0.2, -0.15) is 0 Å². The minimum atomic E-state index is -3.08. The zero-order chi connectivity index (χ0) is 16.0. The molecule has 120 valence electrons. The van der Waals surface area contributed by atoms with Gasteiger partial charge in [0.2, 0.25) is 0 Å². The Kier molecular flexibility index (Phi) is 6.97. The normalized spacial score (nSPS) is 12.1. The second-order valence-electron chi connectivity index (χ2n) is 5.55. The number of hydrogen-bond acceptors (Lipinski definition) is 4. The van der Waals surface area contributed by atoms with E-state index in [2.05, 4.69) is 19.2 Å². The molecule has 0 aromatic heterocycles. The van der Waals surface area contributed by atoms with Crippen LogP contribution in [0.1, 0.15) is 33.3 Å².